The number of anilines is 1. The molecule has 2 rings (SSSR count). The van der Waals surface area contributed by atoms with Gasteiger partial charge in [-0.1, -0.05) is 18.2 Å². The minimum absolute atomic E-state index is 0.200. The number of halogens is 1. The molecule has 108 valence electrons. The minimum Gasteiger partial charge on any atom is -0.380 e. The number of nitrogens with two attached hydrogens (primary N) is 1. The third kappa shape index (κ3) is 3.33. The van der Waals surface area contributed by atoms with Gasteiger partial charge in [0.05, 0.1) is 10.5 Å². The predicted molar refractivity (Wildman–Crippen MR) is 75.3 cm³/mol. The SMILES string of the molecule is NC(=O)c1ccccc1NCc1ccc(F)c([N+](=O)[O-])c1. The van der Waals surface area contributed by atoms with Gasteiger partial charge in [0.1, 0.15) is 0 Å². The largest absolute Gasteiger partial charge is 0.380 e. The summed E-state index contributed by atoms with van der Waals surface area (Å²) in [5, 5.41) is 13.6. The summed E-state index contributed by atoms with van der Waals surface area (Å²) in [6.45, 7) is 0.200. The highest BCUT2D eigenvalue weighted by molar-refractivity contribution is 5.98. The Kier molecular flexibility index (Phi) is 4.13. The highest BCUT2D eigenvalue weighted by atomic mass is 19.1. The van der Waals surface area contributed by atoms with Crippen molar-refractivity contribution >= 4 is 17.3 Å². The lowest BCUT2D eigenvalue weighted by Crippen LogP contribution is -2.14. The van der Waals surface area contributed by atoms with Crippen LogP contribution in [0.25, 0.3) is 0 Å². The molecule has 0 unspecified atom stereocenters. The Morgan fingerprint density at radius 3 is 2.67 bits per heavy atom. The highest BCUT2D eigenvalue weighted by Crippen LogP contribution is 2.20. The van der Waals surface area contributed by atoms with Crippen molar-refractivity contribution in [3.05, 3.63) is 69.5 Å². The molecule has 7 heteroatoms. The molecule has 0 atom stereocenters. The monoisotopic (exact) mass is 289 g/mol. The maximum Gasteiger partial charge on any atom is 0.305 e. The Hall–Kier alpha value is -2.96. The van der Waals surface area contributed by atoms with Crippen LogP contribution in [-0.4, -0.2) is 10.8 Å². The molecule has 0 aromatic heterocycles. The molecule has 0 saturated heterocycles. The van der Waals surface area contributed by atoms with Gasteiger partial charge in [0.15, 0.2) is 0 Å². The highest BCUT2D eigenvalue weighted by Gasteiger charge is 2.14. The Labute approximate surface area is 119 Å². The minimum atomic E-state index is -0.888. The Bertz CT molecular complexity index is 704. The first-order valence-electron chi connectivity index (χ1n) is 6.04. The zero-order chi connectivity index (χ0) is 15.4. The van der Waals surface area contributed by atoms with E-state index in [1.54, 1.807) is 24.3 Å². The standard InChI is InChI=1S/C14H12FN3O3/c15-11-6-5-9(7-13(11)18(20)21)8-17-12-4-2-1-3-10(12)14(16)19/h1-7,17H,8H2,(H2,16,19). The molecule has 21 heavy (non-hydrogen) atoms. The molecule has 0 aliphatic carbocycles. The average Bonchev–Trinajstić information content (AvgIpc) is 2.46. The second-order valence-electron chi connectivity index (χ2n) is 4.31. The van der Waals surface area contributed by atoms with Gasteiger partial charge >= 0.3 is 5.69 Å². The summed E-state index contributed by atoms with van der Waals surface area (Å²) in [6, 6.07) is 10.2. The quantitative estimate of drug-likeness (QED) is 0.652. The lowest BCUT2D eigenvalue weighted by molar-refractivity contribution is -0.387. The second kappa shape index (κ2) is 6.00. The lowest BCUT2D eigenvalue weighted by Gasteiger charge is -2.10. The number of nitrogens with one attached hydrogen (secondary N) is 1. The normalized spacial score (nSPS) is 10.1. The van der Waals surface area contributed by atoms with E-state index in [9.17, 15) is 19.3 Å². The van der Waals surface area contributed by atoms with Crippen LogP contribution in [0.2, 0.25) is 0 Å². The van der Waals surface area contributed by atoms with E-state index >= 15 is 0 Å². The second-order valence-corrected chi connectivity index (χ2v) is 4.31. The summed E-state index contributed by atoms with van der Waals surface area (Å²) < 4.78 is 13.2. The van der Waals surface area contributed by atoms with E-state index in [2.05, 4.69) is 5.32 Å². The van der Waals surface area contributed by atoms with E-state index in [0.29, 0.717) is 16.8 Å². The van der Waals surface area contributed by atoms with Crippen LogP contribution in [0.15, 0.2) is 42.5 Å². The molecular weight excluding hydrogens is 277 g/mol. The van der Waals surface area contributed by atoms with Crippen molar-refractivity contribution in [2.75, 3.05) is 5.32 Å². The first-order valence-corrected chi connectivity index (χ1v) is 6.04. The number of rotatable bonds is 5. The van der Waals surface area contributed by atoms with E-state index < -0.39 is 22.3 Å². The van der Waals surface area contributed by atoms with E-state index in [-0.39, 0.29) is 6.54 Å². The van der Waals surface area contributed by atoms with Crippen LogP contribution in [0, 0.1) is 15.9 Å². The summed E-state index contributed by atoms with van der Waals surface area (Å²) in [5.74, 6) is -1.47. The zero-order valence-corrected chi connectivity index (χ0v) is 10.9. The van der Waals surface area contributed by atoms with E-state index in [4.69, 9.17) is 5.73 Å². The van der Waals surface area contributed by atoms with Gasteiger partial charge in [0.25, 0.3) is 5.91 Å². The van der Waals surface area contributed by atoms with Gasteiger partial charge in [0.2, 0.25) is 5.82 Å². The summed E-state index contributed by atoms with van der Waals surface area (Å²) in [5.41, 5.74) is 6.00. The van der Waals surface area contributed by atoms with Crippen molar-refractivity contribution in [2.24, 2.45) is 5.73 Å². The van der Waals surface area contributed by atoms with Gasteiger partial charge < -0.3 is 11.1 Å². The van der Waals surface area contributed by atoms with Crippen LogP contribution in [-0.2, 0) is 6.54 Å². The average molecular weight is 289 g/mol. The summed E-state index contributed by atoms with van der Waals surface area (Å²) >= 11 is 0. The third-order valence-electron chi connectivity index (χ3n) is 2.88. The Morgan fingerprint density at radius 2 is 2.00 bits per heavy atom. The maximum atomic E-state index is 13.2. The predicted octanol–water partition coefficient (Wildman–Crippen LogP) is 2.44. The van der Waals surface area contributed by atoms with Crippen molar-refractivity contribution < 1.29 is 14.1 Å². The molecule has 2 aromatic rings. The molecule has 0 radical (unpaired) electrons. The molecule has 2 aromatic carbocycles. The number of primary amides is 1. The van der Waals surface area contributed by atoms with Gasteiger partial charge in [-0.2, -0.15) is 4.39 Å². The fourth-order valence-electron chi connectivity index (χ4n) is 1.86. The number of para-hydroxylation sites is 1. The number of nitrogens with zero attached hydrogens (tertiary/aromatic N) is 1. The van der Waals surface area contributed by atoms with Crippen molar-refractivity contribution in [1.82, 2.24) is 0 Å². The smallest absolute Gasteiger partial charge is 0.305 e. The topological polar surface area (TPSA) is 98.3 Å². The molecule has 6 nitrogen and oxygen atoms in total. The fraction of sp³-hybridized carbons (Fsp3) is 0.0714. The molecular formula is C14H12FN3O3. The molecule has 0 aliphatic heterocycles. The van der Waals surface area contributed by atoms with Crippen molar-refractivity contribution in [3.63, 3.8) is 0 Å². The first-order chi connectivity index (χ1) is 9.99. The van der Waals surface area contributed by atoms with Crippen LogP contribution in [0.3, 0.4) is 0 Å². The zero-order valence-electron chi connectivity index (χ0n) is 10.9. The van der Waals surface area contributed by atoms with Crippen LogP contribution in [0.4, 0.5) is 15.8 Å². The molecule has 0 bridgehead atoms. The summed E-state index contributed by atoms with van der Waals surface area (Å²) in [6.07, 6.45) is 0. The van der Waals surface area contributed by atoms with Crippen LogP contribution >= 0.6 is 0 Å². The molecule has 3 N–H and O–H groups in total. The molecule has 0 fully saturated rings. The number of hydrogen-bond donors (Lipinski definition) is 2. The van der Waals surface area contributed by atoms with Crippen molar-refractivity contribution in [1.29, 1.82) is 0 Å². The summed E-state index contributed by atoms with van der Waals surface area (Å²) in [4.78, 5) is 21.2. The molecule has 0 saturated carbocycles. The van der Waals surface area contributed by atoms with Crippen molar-refractivity contribution in [3.8, 4) is 0 Å². The molecule has 0 aliphatic rings. The Morgan fingerprint density at radius 1 is 1.29 bits per heavy atom. The van der Waals surface area contributed by atoms with Gasteiger partial charge in [-0.15, -0.1) is 0 Å². The number of hydrogen-bond acceptors (Lipinski definition) is 4. The van der Waals surface area contributed by atoms with E-state index in [0.717, 1.165) is 12.1 Å². The molecule has 0 spiro atoms. The van der Waals surface area contributed by atoms with Gasteiger partial charge in [0, 0.05) is 18.3 Å². The van der Waals surface area contributed by atoms with Gasteiger partial charge in [-0.05, 0) is 23.8 Å². The third-order valence-corrected chi connectivity index (χ3v) is 2.88. The fourth-order valence-corrected chi connectivity index (χ4v) is 1.86. The van der Waals surface area contributed by atoms with E-state index in [1.807, 2.05) is 0 Å². The van der Waals surface area contributed by atoms with Gasteiger partial charge in [-0.3, -0.25) is 14.9 Å². The number of carbonyl (C=O) groups is 1. The number of carbonyl (C=O) groups excluding carboxylic acids is 1. The number of amides is 1. The lowest BCUT2D eigenvalue weighted by atomic mass is 10.1. The number of nitro benzene ring substituents is 1. The Balaban J connectivity index is 2.19. The van der Waals surface area contributed by atoms with E-state index in [1.165, 1.54) is 6.07 Å². The van der Waals surface area contributed by atoms with Crippen molar-refractivity contribution in [2.45, 2.75) is 6.54 Å². The number of nitro groups is 1. The maximum absolute atomic E-state index is 13.2. The number of benzene rings is 2. The van der Waals surface area contributed by atoms with Crippen LogP contribution < -0.4 is 11.1 Å². The first kappa shape index (κ1) is 14.4. The van der Waals surface area contributed by atoms with Crippen LogP contribution in [0.5, 0.6) is 0 Å². The van der Waals surface area contributed by atoms with Gasteiger partial charge in [-0.25, -0.2) is 0 Å². The molecule has 0 heterocycles. The molecule has 1 amide bonds. The summed E-state index contributed by atoms with van der Waals surface area (Å²) in [7, 11) is 0. The van der Waals surface area contributed by atoms with Crippen LogP contribution in [0.1, 0.15) is 15.9 Å².